The summed E-state index contributed by atoms with van der Waals surface area (Å²) in [5, 5.41) is 21.5. The van der Waals surface area contributed by atoms with E-state index in [1.165, 1.54) is 78.9 Å². The van der Waals surface area contributed by atoms with Crippen molar-refractivity contribution in [2.45, 2.75) is 217 Å². The number of methoxy groups -OCH3 is 2. The fourth-order valence-corrected chi connectivity index (χ4v) is 8.13. The van der Waals surface area contributed by atoms with Gasteiger partial charge in [-0.05, 0) is 51.9 Å². The second-order valence-electron chi connectivity index (χ2n) is 15.3. The number of carbonyl (C=O) groups is 2. The molecule has 3 aliphatic rings. The van der Waals surface area contributed by atoms with Gasteiger partial charge in [-0.1, -0.05) is 122 Å². The molecule has 8 nitrogen and oxygen atoms in total. The number of aliphatic hydroxyl groups is 2. The molecule has 0 radical (unpaired) electrons. The third kappa shape index (κ3) is 14.2. The van der Waals surface area contributed by atoms with E-state index >= 15 is 4.39 Å². The lowest BCUT2D eigenvalue weighted by Crippen LogP contribution is -2.33. The Morgan fingerprint density at radius 3 is 1.39 bits per heavy atom. The van der Waals surface area contributed by atoms with Gasteiger partial charge in [0.05, 0.1) is 50.8 Å². The van der Waals surface area contributed by atoms with E-state index in [1.54, 1.807) is 0 Å². The summed E-state index contributed by atoms with van der Waals surface area (Å²) in [5.41, 5.74) is 0.00218. The number of carbonyl (C=O) groups excluding carboxylic acids is 2. The minimum atomic E-state index is -1.49. The number of ketones is 2. The van der Waals surface area contributed by atoms with E-state index in [1.807, 2.05) is 0 Å². The summed E-state index contributed by atoms with van der Waals surface area (Å²) in [5.74, 6) is -1.48. The van der Waals surface area contributed by atoms with Crippen LogP contribution in [0.5, 0.6) is 0 Å². The van der Waals surface area contributed by atoms with E-state index in [0.29, 0.717) is 6.42 Å². The number of ether oxygens (including phenoxy) is 4. The van der Waals surface area contributed by atoms with Gasteiger partial charge in [-0.3, -0.25) is 9.59 Å². The zero-order valence-corrected chi connectivity index (χ0v) is 32.4. The van der Waals surface area contributed by atoms with Crippen LogP contribution in [0.25, 0.3) is 0 Å². The Labute approximate surface area is 308 Å². The summed E-state index contributed by atoms with van der Waals surface area (Å²) in [6.07, 6.45) is 23.6. The van der Waals surface area contributed by atoms with Crippen molar-refractivity contribution in [1.29, 1.82) is 0 Å². The van der Waals surface area contributed by atoms with Crippen molar-refractivity contribution in [3.05, 3.63) is 22.7 Å². The van der Waals surface area contributed by atoms with Crippen LogP contribution in [0.2, 0.25) is 0 Å². The van der Waals surface area contributed by atoms with Crippen LogP contribution in [-0.4, -0.2) is 78.8 Å². The van der Waals surface area contributed by atoms with E-state index < -0.39 is 23.8 Å². The van der Waals surface area contributed by atoms with Crippen molar-refractivity contribution in [2.75, 3.05) is 14.2 Å². The maximum Gasteiger partial charge on any atom is 0.230 e. The van der Waals surface area contributed by atoms with Crippen molar-refractivity contribution >= 4 is 11.6 Å². The van der Waals surface area contributed by atoms with Crippen molar-refractivity contribution in [2.24, 2.45) is 0 Å². The smallest absolute Gasteiger partial charge is 0.230 e. The maximum atomic E-state index is 15.0. The Morgan fingerprint density at radius 2 is 0.980 bits per heavy atom. The number of unbranched alkanes of at least 4 members (excludes halogenated alkanes) is 16. The fourth-order valence-electron chi connectivity index (χ4n) is 8.13. The van der Waals surface area contributed by atoms with Gasteiger partial charge in [-0.2, -0.15) is 0 Å². The Kier molecular flexibility index (Phi) is 20.9. The minimum absolute atomic E-state index is 0.0304. The molecule has 1 aliphatic carbocycles. The topological polar surface area (TPSA) is 112 Å². The first-order valence-electron chi connectivity index (χ1n) is 20.7. The Hall–Kier alpha value is -1.81. The second kappa shape index (κ2) is 24.5. The third-order valence-electron chi connectivity index (χ3n) is 11.3. The largest absolute Gasteiger partial charge is 0.489 e. The predicted octanol–water partition coefficient (Wildman–Crippen LogP) is 9.33. The number of hydrogen-bond acceptors (Lipinski definition) is 8. The minimum Gasteiger partial charge on any atom is -0.489 e. The fraction of sp³-hybridized carbons (Fsp3) is 0.857. The van der Waals surface area contributed by atoms with Crippen LogP contribution >= 0.6 is 0 Å². The molecule has 0 aromatic carbocycles. The Balaban J connectivity index is 1.15. The summed E-state index contributed by atoms with van der Waals surface area (Å²) >= 11 is 0. The molecule has 2 aliphatic heterocycles. The molecule has 51 heavy (non-hydrogen) atoms. The lowest BCUT2D eigenvalue weighted by Gasteiger charge is -2.24. The molecule has 0 spiro atoms. The summed E-state index contributed by atoms with van der Waals surface area (Å²) in [6, 6.07) is 0. The SMILES string of the molecule is CCCCCCCCCC[C@H](O)[C@@H]1CC[C@@H]([C@@H]2CC[C@@H](C(O)CCCCCCCCCCCCC([18F])C3=C(C)C(=O)C(OC)=C(OC)C3=O)O2)O1. The first kappa shape index (κ1) is 43.6. The molecule has 294 valence electrons. The third-order valence-corrected chi connectivity index (χ3v) is 11.3. The van der Waals surface area contributed by atoms with Gasteiger partial charge in [0.1, 0.15) is 6.17 Å². The first-order valence-corrected chi connectivity index (χ1v) is 20.7. The van der Waals surface area contributed by atoms with Crippen LogP contribution < -0.4 is 0 Å². The Bertz CT molecular complexity index is 1090. The summed E-state index contributed by atoms with van der Waals surface area (Å²) in [4.78, 5) is 25.2. The van der Waals surface area contributed by atoms with Crippen molar-refractivity contribution in [3.8, 4) is 0 Å². The van der Waals surface area contributed by atoms with Crippen LogP contribution in [-0.2, 0) is 28.5 Å². The molecule has 2 saturated heterocycles. The molecule has 0 amide bonds. The van der Waals surface area contributed by atoms with E-state index in [9.17, 15) is 19.8 Å². The molecule has 7 atom stereocenters. The molecule has 2 N–H and O–H groups in total. The highest BCUT2D eigenvalue weighted by Crippen LogP contribution is 2.35. The van der Waals surface area contributed by atoms with Crippen LogP contribution in [0.4, 0.5) is 4.39 Å². The van der Waals surface area contributed by atoms with Gasteiger partial charge in [-0.15, -0.1) is 0 Å². The monoisotopic (exact) mass is 722 g/mol. The predicted molar refractivity (Wildman–Crippen MR) is 199 cm³/mol. The van der Waals surface area contributed by atoms with Gasteiger partial charge in [0.25, 0.3) is 0 Å². The van der Waals surface area contributed by atoms with Gasteiger partial charge >= 0.3 is 0 Å². The number of aliphatic hydroxyl groups excluding tert-OH is 2. The highest BCUT2D eigenvalue weighted by molar-refractivity contribution is 6.23. The molecule has 0 saturated carbocycles. The zero-order valence-electron chi connectivity index (χ0n) is 32.4. The lowest BCUT2D eigenvalue weighted by atomic mass is 9.88. The quantitative estimate of drug-likeness (QED) is 0.0608. The molecular weight excluding hydrogens is 650 g/mol. The van der Waals surface area contributed by atoms with Crippen LogP contribution in [0.1, 0.15) is 174 Å². The van der Waals surface area contributed by atoms with Gasteiger partial charge in [0.2, 0.25) is 23.1 Å². The average molecular weight is 722 g/mol. The van der Waals surface area contributed by atoms with Crippen molar-refractivity contribution in [3.63, 3.8) is 0 Å². The summed E-state index contributed by atoms with van der Waals surface area (Å²) in [7, 11) is 2.58. The van der Waals surface area contributed by atoms with Crippen molar-refractivity contribution in [1.82, 2.24) is 0 Å². The number of Topliss-reactive ketones (excluding diaryl/α,β-unsaturated/α-hetero) is 2. The van der Waals surface area contributed by atoms with E-state index in [-0.39, 0.29) is 59.6 Å². The second-order valence-corrected chi connectivity index (χ2v) is 15.3. The Morgan fingerprint density at radius 1 is 0.608 bits per heavy atom. The highest BCUT2D eigenvalue weighted by Gasteiger charge is 2.41. The van der Waals surface area contributed by atoms with Gasteiger partial charge in [0, 0.05) is 11.1 Å². The molecule has 2 heterocycles. The van der Waals surface area contributed by atoms with Gasteiger partial charge in [0.15, 0.2) is 0 Å². The number of halogens is 1. The maximum absolute atomic E-state index is 15.0. The van der Waals surface area contributed by atoms with Crippen LogP contribution in [0.15, 0.2) is 22.7 Å². The average Bonchev–Trinajstić information content (AvgIpc) is 3.82. The molecule has 0 bridgehead atoms. The number of alkyl halides is 1. The number of allylic oxidation sites excluding steroid dienone is 2. The number of hydrogen-bond donors (Lipinski definition) is 2. The van der Waals surface area contributed by atoms with Gasteiger partial charge in [-0.25, -0.2) is 4.39 Å². The van der Waals surface area contributed by atoms with Gasteiger partial charge < -0.3 is 29.2 Å². The molecular formula is C42H71FO8. The lowest BCUT2D eigenvalue weighted by molar-refractivity contribution is -0.121. The van der Waals surface area contributed by atoms with Crippen LogP contribution in [0, 0.1) is 0 Å². The molecule has 0 aromatic heterocycles. The number of rotatable bonds is 28. The standard InChI is InChI=1S/C42H71FO8/c1-5-6-7-8-9-15-18-21-24-32(44)34-26-28-36(50-34)37-29-27-35(51-37)33(45)25-22-19-16-13-11-10-12-14-17-20-23-31(43)38-30(2)39(46)41(48-3)42(49-4)40(38)47/h31-37,44-45H,5-29H2,1-4H3/t31?,32-,33?,34-,35-,36-,37-/m0/s1/i43-1. The molecule has 9 heteroatoms. The molecule has 3 rings (SSSR count). The summed E-state index contributed by atoms with van der Waals surface area (Å²) in [6.45, 7) is 3.72. The summed E-state index contributed by atoms with van der Waals surface area (Å²) < 4.78 is 37.7. The van der Waals surface area contributed by atoms with E-state index in [0.717, 1.165) is 89.9 Å². The molecule has 2 unspecified atom stereocenters. The van der Waals surface area contributed by atoms with E-state index in [2.05, 4.69) is 6.92 Å². The first-order chi connectivity index (χ1) is 24.7. The van der Waals surface area contributed by atoms with E-state index in [4.69, 9.17) is 18.9 Å². The normalized spacial score (nSPS) is 24.5. The zero-order chi connectivity index (χ0) is 37.0. The highest BCUT2D eigenvalue weighted by atomic mass is 18.2. The van der Waals surface area contributed by atoms with Crippen molar-refractivity contribution < 1.29 is 43.1 Å². The molecule has 2 fully saturated rings. The molecule has 0 aromatic rings. The van der Waals surface area contributed by atoms with Crippen LogP contribution in [0.3, 0.4) is 0 Å².